The summed E-state index contributed by atoms with van der Waals surface area (Å²) in [7, 11) is 1.89. The first-order valence-electron chi connectivity index (χ1n) is 6.76. The van der Waals surface area contributed by atoms with E-state index in [9.17, 15) is 9.59 Å². The van der Waals surface area contributed by atoms with Gasteiger partial charge in [0.2, 0.25) is 10.9 Å². The van der Waals surface area contributed by atoms with Crippen LogP contribution >= 0.6 is 0 Å². The molecule has 0 aliphatic rings. The number of rotatable bonds is 8. The highest BCUT2D eigenvalue weighted by Gasteiger charge is 2.19. The molecule has 1 rings (SSSR count). The summed E-state index contributed by atoms with van der Waals surface area (Å²) >= 11 is 0. The second-order valence-corrected chi connectivity index (χ2v) is 4.79. The maximum atomic E-state index is 11.4. The van der Waals surface area contributed by atoms with Gasteiger partial charge in [0.15, 0.2) is 0 Å². The Bertz CT molecular complexity index is 443. The number of hydrogen-bond donors (Lipinski definition) is 0. The fraction of sp³-hybridized carbons (Fsp3) is 0.714. The van der Waals surface area contributed by atoms with Crippen LogP contribution in [0.3, 0.4) is 0 Å². The Balaban J connectivity index is 2.33. The van der Waals surface area contributed by atoms with Gasteiger partial charge in [0.1, 0.15) is 0 Å². The lowest BCUT2D eigenvalue weighted by Gasteiger charge is -2.23. The van der Waals surface area contributed by atoms with E-state index in [1.165, 1.54) is 0 Å². The highest BCUT2D eigenvalue weighted by atomic mass is 16.2. The standard InChI is InChI=1S/C14H24N2O2/c1-5-16(6-2)10-8-7-9-15(4)12-11(3)13(17)14(12)18/h5-10H2,1-4H3. The maximum absolute atomic E-state index is 11.4. The molecule has 0 spiro atoms. The van der Waals surface area contributed by atoms with Crippen molar-refractivity contribution in [2.24, 2.45) is 0 Å². The van der Waals surface area contributed by atoms with Gasteiger partial charge in [-0.15, -0.1) is 0 Å². The third kappa shape index (κ3) is 3.19. The van der Waals surface area contributed by atoms with Crippen LogP contribution < -0.4 is 15.8 Å². The van der Waals surface area contributed by atoms with Crippen LogP contribution in [0, 0.1) is 6.92 Å². The van der Waals surface area contributed by atoms with Crippen molar-refractivity contribution in [3.05, 3.63) is 26.0 Å². The van der Waals surface area contributed by atoms with Crippen molar-refractivity contribution >= 4 is 5.69 Å². The molecule has 102 valence electrons. The molecule has 0 radical (unpaired) electrons. The van der Waals surface area contributed by atoms with Crippen LogP contribution in [-0.4, -0.2) is 38.1 Å². The highest BCUT2D eigenvalue weighted by Crippen LogP contribution is 2.11. The van der Waals surface area contributed by atoms with Gasteiger partial charge in [-0.1, -0.05) is 13.8 Å². The summed E-state index contributed by atoms with van der Waals surface area (Å²) in [5.74, 6) is 0. The summed E-state index contributed by atoms with van der Waals surface area (Å²) in [5.41, 5.74) is 0.591. The molecule has 0 fully saturated rings. The van der Waals surface area contributed by atoms with E-state index in [1.54, 1.807) is 6.92 Å². The molecule has 0 saturated carbocycles. The van der Waals surface area contributed by atoms with Crippen molar-refractivity contribution < 1.29 is 0 Å². The monoisotopic (exact) mass is 252 g/mol. The van der Waals surface area contributed by atoms with Crippen LogP contribution in [0.2, 0.25) is 0 Å². The summed E-state index contributed by atoms with van der Waals surface area (Å²) < 4.78 is 0. The van der Waals surface area contributed by atoms with Crippen molar-refractivity contribution in [1.29, 1.82) is 0 Å². The molecule has 18 heavy (non-hydrogen) atoms. The van der Waals surface area contributed by atoms with Crippen LogP contribution in [0.25, 0.3) is 0 Å². The van der Waals surface area contributed by atoms with Gasteiger partial charge in [0.05, 0.1) is 5.69 Å². The van der Waals surface area contributed by atoms with Gasteiger partial charge < -0.3 is 9.80 Å². The molecular weight excluding hydrogens is 228 g/mol. The topological polar surface area (TPSA) is 40.6 Å². The maximum Gasteiger partial charge on any atom is 0.249 e. The Morgan fingerprint density at radius 1 is 0.944 bits per heavy atom. The predicted octanol–water partition coefficient (Wildman–Crippen LogP) is 1.15. The molecule has 0 heterocycles. The lowest BCUT2D eigenvalue weighted by atomic mass is 10.1. The molecule has 1 aromatic carbocycles. The van der Waals surface area contributed by atoms with Crippen LogP contribution in [0.4, 0.5) is 5.69 Å². The van der Waals surface area contributed by atoms with Gasteiger partial charge in [-0.05, 0) is 39.4 Å². The second-order valence-electron chi connectivity index (χ2n) is 4.79. The number of nitrogens with zero attached hydrogens (tertiary/aromatic N) is 2. The smallest absolute Gasteiger partial charge is 0.249 e. The molecule has 0 unspecified atom stereocenters. The quantitative estimate of drug-likeness (QED) is 0.514. The summed E-state index contributed by atoms with van der Waals surface area (Å²) in [6.07, 6.45) is 2.17. The molecule has 0 amide bonds. The Hall–Kier alpha value is -1.16. The van der Waals surface area contributed by atoms with E-state index in [-0.39, 0.29) is 10.9 Å². The van der Waals surface area contributed by atoms with E-state index in [0.717, 1.165) is 39.0 Å². The molecule has 0 saturated heterocycles. The second kappa shape index (κ2) is 6.69. The molecule has 4 nitrogen and oxygen atoms in total. The van der Waals surface area contributed by atoms with Gasteiger partial charge in [0.25, 0.3) is 0 Å². The van der Waals surface area contributed by atoms with Crippen molar-refractivity contribution in [3.8, 4) is 0 Å². The minimum atomic E-state index is -0.321. The van der Waals surface area contributed by atoms with Gasteiger partial charge in [-0.3, -0.25) is 9.59 Å². The third-order valence-electron chi connectivity index (χ3n) is 3.61. The molecule has 0 aliphatic heterocycles. The molecule has 0 bridgehead atoms. The highest BCUT2D eigenvalue weighted by molar-refractivity contribution is 5.57. The first kappa shape index (κ1) is 14.9. The summed E-state index contributed by atoms with van der Waals surface area (Å²) in [4.78, 5) is 26.8. The zero-order valence-corrected chi connectivity index (χ0v) is 12.0. The minimum absolute atomic E-state index is 0.319. The zero-order chi connectivity index (χ0) is 13.7. The van der Waals surface area contributed by atoms with Crippen molar-refractivity contribution in [3.63, 3.8) is 0 Å². The Labute approximate surface area is 109 Å². The van der Waals surface area contributed by atoms with Gasteiger partial charge in [-0.2, -0.15) is 0 Å². The van der Waals surface area contributed by atoms with Crippen molar-refractivity contribution in [1.82, 2.24) is 4.90 Å². The van der Waals surface area contributed by atoms with Gasteiger partial charge in [0, 0.05) is 19.2 Å². The van der Waals surface area contributed by atoms with E-state index in [2.05, 4.69) is 18.7 Å². The average Bonchev–Trinajstić information content (AvgIpc) is 2.38. The average molecular weight is 252 g/mol. The lowest BCUT2D eigenvalue weighted by Crippen LogP contribution is -2.41. The Morgan fingerprint density at radius 2 is 1.50 bits per heavy atom. The normalized spacial score (nSPS) is 11.4. The van der Waals surface area contributed by atoms with E-state index < -0.39 is 0 Å². The van der Waals surface area contributed by atoms with Gasteiger partial charge >= 0.3 is 0 Å². The van der Waals surface area contributed by atoms with Gasteiger partial charge in [-0.25, -0.2) is 0 Å². The summed E-state index contributed by atoms with van der Waals surface area (Å²) in [5, 5.41) is 0. The predicted molar refractivity (Wildman–Crippen MR) is 76.4 cm³/mol. The molecule has 0 atom stereocenters. The summed E-state index contributed by atoms with van der Waals surface area (Å²) in [6.45, 7) is 10.2. The zero-order valence-electron chi connectivity index (χ0n) is 12.0. The van der Waals surface area contributed by atoms with E-state index in [0.29, 0.717) is 11.3 Å². The van der Waals surface area contributed by atoms with E-state index in [4.69, 9.17) is 0 Å². The van der Waals surface area contributed by atoms with Crippen LogP contribution in [0.15, 0.2) is 9.59 Å². The molecule has 0 aliphatic carbocycles. The SMILES string of the molecule is CCN(CC)CCCCN(C)c1c(C)c(=O)c1=O. The van der Waals surface area contributed by atoms with Crippen LogP contribution in [-0.2, 0) is 0 Å². The molecule has 0 N–H and O–H groups in total. The minimum Gasteiger partial charge on any atom is -0.371 e. The van der Waals surface area contributed by atoms with E-state index >= 15 is 0 Å². The van der Waals surface area contributed by atoms with Crippen LogP contribution in [0.5, 0.6) is 0 Å². The largest absolute Gasteiger partial charge is 0.371 e. The van der Waals surface area contributed by atoms with E-state index in [1.807, 2.05) is 11.9 Å². The fourth-order valence-corrected chi connectivity index (χ4v) is 2.29. The fourth-order valence-electron chi connectivity index (χ4n) is 2.29. The van der Waals surface area contributed by atoms with Crippen molar-refractivity contribution in [2.75, 3.05) is 38.1 Å². The van der Waals surface area contributed by atoms with Crippen LogP contribution in [0.1, 0.15) is 32.3 Å². The number of anilines is 1. The number of hydrogen-bond acceptors (Lipinski definition) is 4. The first-order chi connectivity index (χ1) is 8.52. The third-order valence-corrected chi connectivity index (χ3v) is 3.61. The summed E-state index contributed by atoms with van der Waals surface area (Å²) in [6, 6.07) is 0. The van der Waals surface area contributed by atoms with Crippen molar-refractivity contribution in [2.45, 2.75) is 33.6 Å². The molecular formula is C14H24N2O2. The molecule has 1 aromatic rings. The Morgan fingerprint density at radius 3 is 2.00 bits per heavy atom. The molecule has 4 heteroatoms. The number of unbranched alkanes of at least 4 members (excludes halogenated alkanes) is 1. The molecule has 0 aromatic heterocycles. The first-order valence-corrected chi connectivity index (χ1v) is 6.76. The Kier molecular flexibility index (Phi) is 5.54. The lowest BCUT2D eigenvalue weighted by molar-refractivity contribution is 0.297.